The third kappa shape index (κ3) is 5.37. The lowest BCUT2D eigenvalue weighted by Gasteiger charge is -2.31. The van der Waals surface area contributed by atoms with Crippen molar-refractivity contribution < 1.29 is 9.63 Å². The van der Waals surface area contributed by atoms with Crippen molar-refractivity contribution in [3.05, 3.63) is 52.8 Å². The molecule has 1 aliphatic heterocycles. The van der Waals surface area contributed by atoms with Gasteiger partial charge in [-0.05, 0) is 57.2 Å². The zero-order valence-electron chi connectivity index (χ0n) is 17.8. The monoisotopic (exact) mass is 397 g/mol. The molecule has 0 bridgehead atoms. The van der Waals surface area contributed by atoms with Crippen molar-refractivity contribution >= 4 is 11.7 Å². The molecule has 1 atom stereocenters. The van der Waals surface area contributed by atoms with E-state index in [0.29, 0.717) is 12.5 Å². The van der Waals surface area contributed by atoms with E-state index in [1.807, 2.05) is 47.7 Å². The summed E-state index contributed by atoms with van der Waals surface area (Å²) < 4.78 is 1.96. The van der Waals surface area contributed by atoms with Crippen LogP contribution in [0.3, 0.4) is 0 Å². The summed E-state index contributed by atoms with van der Waals surface area (Å²) in [6.07, 6.45) is 1.41. The minimum Gasteiger partial charge on any atom is -0.381 e. The molecule has 2 heterocycles. The maximum atomic E-state index is 12.5. The van der Waals surface area contributed by atoms with Gasteiger partial charge in [-0.2, -0.15) is 5.10 Å². The van der Waals surface area contributed by atoms with Crippen LogP contribution in [0.5, 0.6) is 0 Å². The number of benzene rings is 1. The third-order valence-corrected chi connectivity index (χ3v) is 5.41. The maximum absolute atomic E-state index is 12.5. The van der Waals surface area contributed by atoms with E-state index in [1.165, 1.54) is 0 Å². The number of nitrogens with zero attached hydrogens (tertiary/aromatic N) is 4. The summed E-state index contributed by atoms with van der Waals surface area (Å²) >= 11 is 0. The van der Waals surface area contributed by atoms with Crippen molar-refractivity contribution in [1.29, 1.82) is 0 Å². The van der Waals surface area contributed by atoms with Gasteiger partial charge >= 0.3 is 0 Å². The zero-order valence-corrected chi connectivity index (χ0v) is 17.8. The Balaban J connectivity index is 1.62. The van der Waals surface area contributed by atoms with Crippen molar-refractivity contribution in [2.75, 3.05) is 13.1 Å². The molecular formula is C22H31N5O2. The second-order valence-corrected chi connectivity index (χ2v) is 8.02. The quantitative estimate of drug-likeness (QED) is 0.461. The molecule has 0 saturated carbocycles. The van der Waals surface area contributed by atoms with E-state index in [9.17, 15) is 4.79 Å². The summed E-state index contributed by atoms with van der Waals surface area (Å²) in [5.74, 6) is 0.893. The van der Waals surface area contributed by atoms with Gasteiger partial charge in [-0.25, -0.2) is 0 Å². The fraction of sp³-hybridized carbons (Fsp3) is 0.500. The summed E-state index contributed by atoms with van der Waals surface area (Å²) in [4.78, 5) is 19.8. The van der Waals surface area contributed by atoms with Gasteiger partial charge in [0.1, 0.15) is 0 Å². The van der Waals surface area contributed by atoms with Crippen LogP contribution >= 0.6 is 0 Å². The van der Waals surface area contributed by atoms with Gasteiger partial charge in [0.05, 0.1) is 12.2 Å². The minimum absolute atomic E-state index is 0.0354. The highest BCUT2D eigenvalue weighted by atomic mass is 16.6. The number of rotatable bonds is 6. The fourth-order valence-corrected chi connectivity index (χ4v) is 3.56. The molecule has 1 fully saturated rings. The predicted octanol–water partition coefficient (Wildman–Crippen LogP) is 2.83. The van der Waals surface area contributed by atoms with Gasteiger partial charge in [-0.3, -0.25) is 9.48 Å². The Bertz CT molecular complexity index is 881. The molecule has 1 saturated heterocycles. The largest absolute Gasteiger partial charge is 0.381 e. The van der Waals surface area contributed by atoms with Crippen molar-refractivity contribution in [2.45, 2.75) is 53.2 Å². The number of amides is 1. The smallest absolute Gasteiger partial charge is 0.266 e. The van der Waals surface area contributed by atoms with Crippen LogP contribution in [0.15, 0.2) is 35.5 Å². The highest BCUT2D eigenvalue weighted by Gasteiger charge is 2.25. The SMILES string of the molecule is Cc1cc(C)n(Cc2cccc(C(N)=NOC(C)C(=O)N3CCC(C)CC3)c2)n1. The highest BCUT2D eigenvalue weighted by molar-refractivity contribution is 5.97. The van der Waals surface area contributed by atoms with Gasteiger partial charge in [0.2, 0.25) is 6.10 Å². The number of amidine groups is 1. The van der Waals surface area contributed by atoms with E-state index in [-0.39, 0.29) is 11.7 Å². The average molecular weight is 398 g/mol. The second kappa shape index (κ2) is 9.11. The van der Waals surface area contributed by atoms with Crippen LogP contribution in [0.4, 0.5) is 0 Å². The Morgan fingerprint density at radius 2 is 2.03 bits per heavy atom. The molecule has 0 aliphatic carbocycles. The number of nitrogens with two attached hydrogens (primary N) is 1. The number of aromatic nitrogens is 2. The molecule has 1 aromatic heterocycles. The van der Waals surface area contributed by atoms with Gasteiger partial charge in [0, 0.05) is 24.3 Å². The Labute approximate surface area is 172 Å². The third-order valence-electron chi connectivity index (χ3n) is 5.41. The number of aryl methyl sites for hydroxylation is 2. The van der Waals surface area contributed by atoms with E-state index >= 15 is 0 Å². The molecule has 7 nitrogen and oxygen atoms in total. The normalized spacial score (nSPS) is 16.7. The number of hydrogen-bond acceptors (Lipinski definition) is 4. The molecule has 3 rings (SSSR count). The average Bonchev–Trinajstić information content (AvgIpc) is 3.02. The Morgan fingerprint density at radius 3 is 2.69 bits per heavy atom. The molecule has 1 amide bonds. The summed E-state index contributed by atoms with van der Waals surface area (Å²) in [6, 6.07) is 9.86. The van der Waals surface area contributed by atoms with Crippen LogP contribution in [-0.4, -0.2) is 45.6 Å². The lowest BCUT2D eigenvalue weighted by molar-refractivity contribution is -0.143. The number of oxime groups is 1. The summed E-state index contributed by atoms with van der Waals surface area (Å²) in [7, 11) is 0. The first kappa shape index (κ1) is 20.9. The summed E-state index contributed by atoms with van der Waals surface area (Å²) in [6.45, 7) is 10.2. The predicted molar refractivity (Wildman–Crippen MR) is 113 cm³/mol. The molecule has 2 aromatic rings. The first-order chi connectivity index (χ1) is 13.8. The topological polar surface area (TPSA) is 85.7 Å². The lowest BCUT2D eigenvalue weighted by Crippen LogP contribution is -2.43. The first-order valence-electron chi connectivity index (χ1n) is 10.2. The molecule has 29 heavy (non-hydrogen) atoms. The van der Waals surface area contributed by atoms with Gasteiger partial charge in [0.15, 0.2) is 5.84 Å². The minimum atomic E-state index is -0.653. The van der Waals surface area contributed by atoms with Crippen LogP contribution in [-0.2, 0) is 16.2 Å². The van der Waals surface area contributed by atoms with Crippen molar-refractivity contribution in [2.24, 2.45) is 16.8 Å². The molecule has 1 unspecified atom stereocenters. The number of hydrogen-bond donors (Lipinski definition) is 1. The maximum Gasteiger partial charge on any atom is 0.266 e. The van der Waals surface area contributed by atoms with E-state index < -0.39 is 6.10 Å². The van der Waals surface area contributed by atoms with Gasteiger partial charge in [-0.15, -0.1) is 0 Å². The van der Waals surface area contributed by atoms with Gasteiger partial charge in [-0.1, -0.05) is 30.3 Å². The Hall–Kier alpha value is -2.83. The summed E-state index contributed by atoms with van der Waals surface area (Å²) in [5, 5.41) is 8.52. The Kier molecular flexibility index (Phi) is 6.56. The van der Waals surface area contributed by atoms with E-state index in [2.05, 4.69) is 23.2 Å². The van der Waals surface area contributed by atoms with Crippen LogP contribution in [0.2, 0.25) is 0 Å². The van der Waals surface area contributed by atoms with Gasteiger partial charge < -0.3 is 15.5 Å². The molecule has 0 spiro atoms. The highest BCUT2D eigenvalue weighted by Crippen LogP contribution is 2.17. The van der Waals surface area contributed by atoms with Crippen molar-refractivity contribution in [3.63, 3.8) is 0 Å². The number of carbonyl (C=O) groups is 1. The van der Waals surface area contributed by atoms with Gasteiger partial charge in [0.25, 0.3) is 5.91 Å². The lowest BCUT2D eigenvalue weighted by atomic mass is 9.99. The summed E-state index contributed by atoms with van der Waals surface area (Å²) in [5.41, 5.74) is 10.0. The number of piperidine rings is 1. The van der Waals surface area contributed by atoms with E-state index in [0.717, 1.165) is 48.4 Å². The van der Waals surface area contributed by atoms with E-state index in [1.54, 1.807) is 6.92 Å². The molecule has 2 N–H and O–H groups in total. The van der Waals surface area contributed by atoms with Crippen molar-refractivity contribution in [3.8, 4) is 0 Å². The van der Waals surface area contributed by atoms with Crippen LogP contribution in [0, 0.1) is 19.8 Å². The van der Waals surface area contributed by atoms with Crippen LogP contribution < -0.4 is 5.73 Å². The molecule has 0 radical (unpaired) electrons. The first-order valence-corrected chi connectivity index (χ1v) is 10.2. The van der Waals surface area contributed by atoms with Crippen LogP contribution in [0.25, 0.3) is 0 Å². The second-order valence-electron chi connectivity index (χ2n) is 8.02. The standard InChI is InChI=1S/C22H31N5O2/c1-15-8-10-26(11-9-15)22(28)18(4)29-25-21(23)20-7-5-6-19(13-20)14-27-17(3)12-16(2)24-27/h5-7,12-13,15,18H,8-11,14H2,1-4H3,(H2,23,25). The fourth-order valence-electron chi connectivity index (χ4n) is 3.56. The molecule has 1 aliphatic rings. The Morgan fingerprint density at radius 1 is 1.31 bits per heavy atom. The molecule has 156 valence electrons. The molecular weight excluding hydrogens is 366 g/mol. The van der Waals surface area contributed by atoms with E-state index in [4.69, 9.17) is 10.6 Å². The number of carbonyl (C=O) groups excluding carboxylic acids is 1. The van der Waals surface area contributed by atoms with Crippen molar-refractivity contribution in [1.82, 2.24) is 14.7 Å². The molecule has 1 aromatic carbocycles. The zero-order chi connectivity index (χ0) is 21.0. The number of likely N-dealkylation sites (tertiary alicyclic amines) is 1. The van der Waals surface area contributed by atoms with Crippen LogP contribution in [0.1, 0.15) is 49.2 Å². The molecule has 7 heteroatoms.